The molecule has 0 bridgehead atoms. The first-order valence-corrected chi connectivity index (χ1v) is 7.08. The van der Waals surface area contributed by atoms with Crippen LogP contribution in [0.1, 0.15) is 41.6 Å². The molecule has 0 atom stereocenters. The zero-order chi connectivity index (χ0) is 13.1. The second-order valence-corrected chi connectivity index (χ2v) is 5.57. The van der Waals surface area contributed by atoms with E-state index in [1.54, 1.807) is 0 Å². The van der Waals surface area contributed by atoms with Crippen molar-refractivity contribution in [3.63, 3.8) is 0 Å². The van der Waals surface area contributed by atoms with Crippen LogP contribution in [0.4, 0.5) is 0 Å². The van der Waals surface area contributed by atoms with Crippen molar-refractivity contribution in [2.75, 3.05) is 0 Å². The minimum atomic E-state index is -0.714. The first-order valence-electron chi connectivity index (χ1n) is 6.14. The molecule has 0 unspecified atom stereocenters. The maximum atomic E-state index is 12.0. The van der Waals surface area contributed by atoms with E-state index in [1.807, 2.05) is 17.7 Å². The van der Waals surface area contributed by atoms with E-state index in [1.165, 1.54) is 11.3 Å². The number of nitrogens with one attached hydrogen (secondary N) is 1. The molecule has 0 aromatic carbocycles. The molecule has 0 aliphatic heterocycles. The summed E-state index contributed by atoms with van der Waals surface area (Å²) in [6.45, 7) is 1.92. The van der Waals surface area contributed by atoms with Crippen LogP contribution in [0, 0.1) is 12.8 Å². The Balaban J connectivity index is 1.87. The Kier molecular flexibility index (Phi) is 4.01. The number of hydrogen-bond donors (Lipinski definition) is 2. The number of rotatable bonds is 3. The maximum absolute atomic E-state index is 12.0. The van der Waals surface area contributed by atoms with Crippen LogP contribution >= 0.6 is 11.3 Å². The second kappa shape index (κ2) is 5.52. The van der Waals surface area contributed by atoms with Crippen LogP contribution in [0.5, 0.6) is 0 Å². The number of hydrogen-bond acceptors (Lipinski definition) is 3. The highest BCUT2D eigenvalue weighted by Crippen LogP contribution is 2.25. The molecule has 4 nitrogen and oxygen atoms in total. The van der Waals surface area contributed by atoms with E-state index >= 15 is 0 Å². The minimum Gasteiger partial charge on any atom is -0.481 e. The maximum Gasteiger partial charge on any atom is 0.306 e. The highest BCUT2D eigenvalue weighted by Gasteiger charge is 2.27. The lowest BCUT2D eigenvalue weighted by Crippen LogP contribution is -2.38. The standard InChI is InChI=1S/C13H17NO3S/c1-8-6-18-7-11(8)12(15)14-10-4-2-9(3-5-10)13(16)17/h6-7,9-10H,2-5H2,1H3,(H,14,15)(H,16,17). The molecule has 0 radical (unpaired) electrons. The van der Waals surface area contributed by atoms with Gasteiger partial charge in [0.05, 0.1) is 11.5 Å². The van der Waals surface area contributed by atoms with Gasteiger partial charge in [0.1, 0.15) is 0 Å². The highest BCUT2D eigenvalue weighted by molar-refractivity contribution is 7.08. The first-order chi connectivity index (χ1) is 8.58. The van der Waals surface area contributed by atoms with E-state index in [9.17, 15) is 9.59 Å². The minimum absolute atomic E-state index is 0.0347. The molecule has 1 heterocycles. The van der Waals surface area contributed by atoms with Crippen molar-refractivity contribution < 1.29 is 14.7 Å². The summed E-state index contributed by atoms with van der Waals surface area (Å²) >= 11 is 1.52. The summed E-state index contributed by atoms with van der Waals surface area (Å²) < 4.78 is 0. The topological polar surface area (TPSA) is 66.4 Å². The summed E-state index contributed by atoms with van der Waals surface area (Å²) in [5.74, 6) is -0.984. The van der Waals surface area contributed by atoms with Crippen molar-refractivity contribution >= 4 is 23.2 Å². The molecule has 98 valence electrons. The molecule has 1 aromatic heterocycles. The number of carboxylic acids is 1. The van der Waals surface area contributed by atoms with Crippen molar-refractivity contribution in [2.24, 2.45) is 5.92 Å². The van der Waals surface area contributed by atoms with Gasteiger partial charge < -0.3 is 10.4 Å². The fraction of sp³-hybridized carbons (Fsp3) is 0.538. The molecule has 1 amide bonds. The first kappa shape index (κ1) is 13.1. The Labute approximate surface area is 110 Å². The largest absolute Gasteiger partial charge is 0.481 e. The number of aryl methyl sites for hydroxylation is 1. The summed E-state index contributed by atoms with van der Waals surface area (Å²) in [5, 5.41) is 15.7. The average molecular weight is 267 g/mol. The third-order valence-corrected chi connectivity index (χ3v) is 4.37. The van der Waals surface area contributed by atoms with Crippen molar-refractivity contribution in [3.8, 4) is 0 Å². The van der Waals surface area contributed by atoms with Crippen molar-refractivity contribution in [2.45, 2.75) is 38.6 Å². The smallest absolute Gasteiger partial charge is 0.306 e. The number of amides is 1. The number of aliphatic carboxylic acids is 1. The molecule has 1 aliphatic carbocycles. The van der Waals surface area contributed by atoms with Crippen molar-refractivity contribution in [3.05, 3.63) is 21.9 Å². The Morgan fingerprint density at radius 3 is 2.44 bits per heavy atom. The zero-order valence-corrected chi connectivity index (χ0v) is 11.1. The van der Waals surface area contributed by atoms with Gasteiger partial charge in [-0.25, -0.2) is 0 Å². The summed E-state index contributed by atoms with van der Waals surface area (Å²) in [4.78, 5) is 22.8. The quantitative estimate of drug-likeness (QED) is 0.884. The normalized spacial score (nSPS) is 23.6. The Bertz CT molecular complexity index is 447. The molecular weight excluding hydrogens is 250 g/mol. The third-order valence-electron chi connectivity index (χ3n) is 3.51. The fourth-order valence-electron chi connectivity index (χ4n) is 2.34. The van der Waals surface area contributed by atoms with E-state index in [4.69, 9.17) is 5.11 Å². The SMILES string of the molecule is Cc1cscc1C(=O)NC1CCC(C(=O)O)CC1. The molecule has 2 rings (SSSR count). The van der Waals surface area contributed by atoms with Gasteiger partial charge in [0.25, 0.3) is 5.91 Å². The summed E-state index contributed by atoms with van der Waals surface area (Å²) in [6.07, 6.45) is 2.82. The van der Waals surface area contributed by atoms with Crippen molar-refractivity contribution in [1.82, 2.24) is 5.32 Å². The van der Waals surface area contributed by atoms with Gasteiger partial charge in [0, 0.05) is 11.4 Å². The van der Waals surface area contributed by atoms with E-state index in [-0.39, 0.29) is 17.9 Å². The Hall–Kier alpha value is -1.36. The van der Waals surface area contributed by atoms with Gasteiger partial charge in [-0.15, -0.1) is 0 Å². The lowest BCUT2D eigenvalue weighted by Gasteiger charge is -2.26. The predicted octanol–water partition coefficient (Wildman–Crippen LogP) is 2.43. The lowest BCUT2D eigenvalue weighted by atomic mass is 9.86. The van der Waals surface area contributed by atoms with E-state index in [0.29, 0.717) is 12.8 Å². The summed E-state index contributed by atoms with van der Waals surface area (Å²) in [7, 11) is 0. The second-order valence-electron chi connectivity index (χ2n) is 4.83. The van der Waals surface area contributed by atoms with Crippen LogP contribution in [0.3, 0.4) is 0 Å². The number of carbonyl (C=O) groups is 2. The van der Waals surface area contributed by atoms with Gasteiger partial charge in [0.2, 0.25) is 0 Å². The zero-order valence-electron chi connectivity index (χ0n) is 10.3. The molecule has 2 N–H and O–H groups in total. The Morgan fingerprint density at radius 1 is 1.28 bits per heavy atom. The van der Waals surface area contributed by atoms with Gasteiger partial charge in [-0.1, -0.05) is 0 Å². The van der Waals surface area contributed by atoms with Gasteiger partial charge in [-0.05, 0) is 43.6 Å². The fourth-order valence-corrected chi connectivity index (χ4v) is 3.17. The molecular formula is C13H17NO3S. The van der Waals surface area contributed by atoms with Crippen LogP contribution < -0.4 is 5.32 Å². The summed E-state index contributed by atoms with van der Waals surface area (Å²) in [5.41, 5.74) is 1.73. The van der Waals surface area contributed by atoms with Crippen LogP contribution in [-0.4, -0.2) is 23.0 Å². The molecule has 1 fully saturated rings. The van der Waals surface area contributed by atoms with Gasteiger partial charge in [0.15, 0.2) is 0 Å². The number of carbonyl (C=O) groups excluding carboxylic acids is 1. The van der Waals surface area contributed by atoms with E-state index in [0.717, 1.165) is 24.0 Å². The predicted molar refractivity (Wildman–Crippen MR) is 69.9 cm³/mol. The third kappa shape index (κ3) is 2.90. The van der Waals surface area contributed by atoms with Crippen LogP contribution in [0.25, 0.3) is 0 Å². The molecule has 1 aromatic rings. The Morgan fingerprint density at radius 2 is 1.94 bits per heavy atom. The average Bonchev–Trinajstić information content (AvgIpc) is 2.76. The molecule has 1 aliphatic rings. The van der Waals surface area contributed by atoms with Gasteiger partial charge >= 0.3 is 5.97 Å². The molecule has 0 saturated heterocycles. The summed E-state index contributed by atoms with van der Waals surface area (Å²) in [6, 6.07) is 0.118. The lowest BCUT2D eigenvalue weighted by molar-refractivity contribution is -0.142. The van der Waals surface area contributed by atoms with Crippen LogP contribution in [0.15, 0.2) is 10.8 Å². The van der Waals surface area contributed by atoms with Gasteiger partial charge in [-0.2, -0.15) is 11.3 Å². The van der Waals surface area contributed by atoms with E-state index < -0.39 is 5.97 Å². The molecule has 5 heteroatoms. The highest BCUT2D eigenvalue weighted by atomic mass is 32.1. The molecule has 18 heavy (non-hydrogen) atoms. The van der Waals surface area contributed by atoms with Gasteiger partial charge in [-0.3, -0.25) is 9.59 Å². The van der Waals surface area contributed by atoms with E-state index in [2.05, 4.69) is 5.32 Å². The number of carboxylic acid groups (broad SMARTS) is 1. The van der Waals surface area contributed by atoms with Crippen molar-refractivity contribution in [1.29, 1.82) is 0 Å². The number of thiophene rings is 1. The van der Waals surface area contributed by atoms with Crippen LogP contribution in [0.2, 0.25) is 0 Å². The monoisotopic (exact) mass is 267 g/mol. The molecule has 1 saturated carbocycles. The van der Waals surface area contributed by atoms with Crippen LogP contribution in [-0.2, 0) is 4.79 Å². The molecule has 0 spiro atoms.